The van der Waals surface area contributed by atoms with Gasteiger partial charge in [0.25, 0.3) is 0 Å². The van der Waals surface area contributed by atoms with E-state index in [0.717, 1.165) is 31.5 Å². The van der Waals surface area contributed by atoms with Crippen molar-refractivity contribution in [1.82, 2.24) is 19.7 Å². The molecule has 6 nitrogen and oxygen atoms in total. The third-order valence-electron chi connectivity index (χ3n) is 4.54. The lowest BCUT2D eigenvalue weighted by atomic mass is 10.1. The quantitative estimate of drug-likeness (QED) is 0.645. The molecule has 26 heavy (non-hydrogen) atoms. The van der Waals surface area contributed by atoms with Crippen LogP contribution in [0.3, 0.4) is 0 Å². The highest BCUT2D eigenvalue weighted by Crippen LogP contribution is 2.37. The van der Waals surface area contributed by atoms with Gasteiger partial charge in [0, 0.05) is 20.1 Å². The zero-order valence-corrected chi connectivity index (χ0v) is 15.4. The van der Waals surface area contributed by atoms with E-state index in [4.69, 9.17) is 4.42 Å². The molecule has 3 aromatic rings. The van der Waals surface area contributed by atoms with Crippen LogP contribution >= 0.6 is 11.8 Å². The molecular weight excluding hydrogens is 348 g/mol. The van der Waals surface area contributed by atoms with Crippen molar-refractivity contribution in [2.24, 2.45) is 7.05 Å². The fourth-order valence-electron chi connectivity index (χ4n) is 3.14. The first kappa shape index (κ1) is 16.9. The fraction of sp³-hybridized carbons (Fsp3) is 0.316. The van der Waals surface area contributed by atoms with Crippen molar-refractivity contribution in [3.63, 3.8) is 0 Å². The minimum atomic E-state index is -0.332. The number of carbonyl (C=O) groups is 1. The Labute approximate surface area is 156 Å². The molecule has 0 bridgehead atoms. The van der Waals surface area contributed by atoms with Gasteiger partial charge in [-0.1, -0.05) is 42.1 Å². The monoisotopic (exact) mass is 368 g/mol. The number of furan rings is 1. The summed E-state index contributed by atoms with van der Waals surface area (Å²) in [5.41, 5.74) is 0.983. The summed E-state index contributed by atoms with van der Waals surface area (Å²) >= 11 is 1.44. The van der Waals surface area contributed by atoms with Gasteiger partial charge in [-0.2, -0.15) is 0 Å². The molecule has 1 aliphatic heterocycles. The zero-order chi connectivity index (χ0) is 17.9. The van der Waals surface area contributed by atoms with E-state index in [1.165, 1.54) is 11.8 Å². The summed E-state index contributed by atoms with van der Waals surface area (Å²) in [6.45, 7) is 1.67. The normalized spacial score (nSPS) is 15.3. The van der Waals surface area contributed by atoms with Crippen LogP contribution in [0.5, 0.6) is 0 Å². The molecule has 3 heterocycles. The van der Waals surface area contributed by atoms with Crippen LogP contribution in [0.2, 0.25) is 0 Å². The van der Waals surface area contributed by atoms with Gasteiger partial charge in [-0.3, -0.25) is 4.79 Å². The van der Waals surface area contributed by atoms with Crippen LogP contribution in [0.25, 0.3) is 11.6 Å². The number of hydrogen-bond acceptors (Lipinski definition) is 5. The van der Waals surface area contributed by atoms with Gasteiger partial charge < -0.3 is 13.9 Å². The smallest absolute Gasteiger partial charge is 0.240 e. The number of thioether (sulfide) groups is 1. The summed E-state index contributed by atoms with van der Waals surface area (Å²) in [4.78, 5) is 15.1. The van der Waals surface area contributed by atoms with E-state index < -0.39 is 0 Å². The second kappa shape index (κ2) is 7.37. The van der Waals surface area contributed by atoms with Crippen LogP contribution in [-0.2, 0) is 11.8 Å². The van der Waals surface area contributed by atoms with Crippen LogP contribution in [-0.4, -0.2) is 38.7 Å². The zero-order valence-electron chi connectivity index (χ0n) is 14.5. The van der Waals surface area contributed by atoms with Crippen LogP contribution < -0.4 is 0 Å². The third kappa shape index (κ3) is 3.26. The number of hydrogen-bond donors (Lipinski definition) is 0. The maximum absolute atomic E-state index is 13.1. The van der Waals surface area contributed by atoms with E-state index >= 15 is 0 Å². The Balaban J connectivity index is 1.64. The molecule has 1 aromatic carbocycles. The molecule has 0 spiro atoms. The summed E-state index contributed by atoms with van der Waals surface area (Å²) in [5.74, 6) is 1.45. The molecule has 1 aliphatic rings. The van der Waals surface area contributed by atoms with E-state index in [0.29, 0.717) is 16.7 Å². The van der Waals surface area contributed by atoms with E-state index in [1.807, 2.05) is 59.0 Å². The minimum Gasteiger partial charge on any atom is -0.461 e. The lowest BCUT2D eigenvalue weighted by Gasteiger charge is -2.22. The molecule has 1 saturated heterocycles. The molecule has 0 saturated carbocycles. The first-order chi connectivity index (χ1) is 12.7. The Morgan fingerprint density at radius 2 is 1.88 bits per heavy atom. The Morgan fingerprint density at radius 3 is 2.58 bits per heavy atom. The Morgan fingerprint density at radius 1 is 1.12 bits per heavy atom. The fourth-order valence-corrected chi connectivity index (χ4v) is 4.22. The molecule has 1 atom stereocenters. The summed E-state index contributed by atoms with van der Waals surface area (Å²) < 4.78 is 7.30. The molecule has 0 radical (unpaired) electrons. The largest absolute Gasteiger partial charge is 0.461 e. The van der Waals surface area contributed by atoms with E-state index in [2.05, 4.69) is 10.2 Å². The van der Waals surface area contributed by atoms with Crippen molar-refractivity contribution in [3.8, 4) is 11.6 Å². The summed E-state index contributed by atoms with van der Waals surface area (Å²) in [7, 11) is 1.89. The molecular formula is C19H20N4O2S. The molecule has 1 amide bonds. The molecule has 1 fully saturated rings. The Kier molecular flexibility index (Phi) is 4.79. The number of likely N-dealkylation sites (tertiary alicyclic amines) is 1. The molecule has 0 N–H and O–H groups in total. The minimum absolute atomic E-state index is 0.140. The highest BCUT2D eigenvalue weighted by Gasteiger charge is 2.30. The van der Waals surface area contributed by atoms with E-state index in [-0.39, 0.29) is 11.2 Å². The van der Waals surface area contributed by atoms with Crippen LogP contribution in [0, 0.1) is 0 Å². The second-order valence-electron chi connectivity index (χ2n) is 6.28. The summed E-state index contributed by atoms with van der Waals surface area (Å²) in [5, 5.41) is 8.89. The molecule has 0 aliphatic carbocycles. The number of amides is 1. The Hall–Kier alpha value is -2.54. The lowest BCUT2D eigenvalue weighted by molar-refractivity contribution is -0.129. The standard InChI is InChI=1S/C19H20N4O2S/c1-22-17(15-10-7-13-25-15)20-21-19(22)26-16(14-8-3-2-4-9-14)18(24)23-11-5-6-12-23/h2-4,7-10,13,16H,5-6,11-12H2,1H3/t16-/m1/s1. The number of carbonyl (C=O) groups excluding carboxylic acids is 1. The number of nitrogens with zero attached hydrogens (tertiary/aromatic N) is 4. The molecule has 0 unspecified atom stereocenters. The van der Waals surface area contributed by atoms with Crippen LogP contribution in [0.4, 0.5) is 0 Å². The van der Waals surface area contributed by atoms with Crippen molar-refractivity contribution in [2.75, 3.05) is 13.1 Å². The van der Waals surface area contributed by atoms with Crippen LogP contribution in [0.1, 0.15) is 23.7 Å². The third-order valence-corrected chi connectivity index (χ3v) is 5.82. The molecule has 2 aromatic heterocycles. The first-order valence-electron chi connectivity index (χ1n) is 8.67. The van der Waals surface area contributed by atoms with E-state index in [1.54, 1.807) is 6.26 Å². The van der Waals surface area contributed by atoms with Gasteiger partial charge in [-0.05, 0) is 30.5 Å². The molecule has 7 heteroatoms. The molecule has 4 rings (SSSR count). The summed E-state index contributed by atoms with van der Waals surface area (Å²) in [6, 6.07) is 13.5. The van der Waals surface area contributed by atoms with Crippen molar-refractivity contribution in [3.05, 3.63) is 54.3 Å². The second-order valence-corrected chi connectivity index (χ2v) is 7.36. The number of benzene rings is 1. The van der Waals surface area contributed by atoms with Gasteiger partial charge in [0.2, 0.25) is 5.91 Å². The summed E-state index contributed by atoms with van der Waals surface area (Å²) in [6.07, 6.45) is 3.76. The molecule has 134 valence electrons. The topological polar surface area (TPSA) is 64.2 Å². The van der Waals surface area contributed by atoms with Gasteiger partial charge in [-0.25, -0.2) is 0 Å². The average molecular weight is 368 g/mol. The van der Waals surface area contributed by atoms with Crippen molar-refractivity contribution in [1.29, 1.82) is 0 Å². The Bertz CT molecular complexity index is 870. The predicted octanol–water partition coefficient (Wildman–Crippen LogP) is 3.53. The SMILES string of the molecule is Cn1c(S[C@@H](C(=O)N2CCCC2)c2ccccc2)nnc1-c1ccco1. The number of rotatable bonds is 5. The lowest BCUT2D eigenvalue weighted by Crippen LogP contribution is -2.31. The first-order valence-corrected chi connectivity index (χ1v) is 9.55. The average Bonchev–Trinajstić information content (AvgIpc) is 3.42. The van der Waals surface area contributed by atoms with Crippen molar-refractivity contribution in [2.45, 2.75) is 23.2 Å². The number of aromatic nitrogens is 3. The highest BCUT2D eigenvalue weighted by molar-refractivity contribution is 8.00. The maximum atomic E-state index is 13.1. The predicted molar refractivity (Wildman–Crippen MR) is 99.6 cm³/mol. The maximum Gasteiger partial charge on any atom is 0.240 e. The van der Waals surface area contributed by atoms with Crippen molar-refractivity contribution < 1.29 is 9.21 Å². The van der Waals surface area contributed by atoms with Gasteiger partial charge in [0.15, 0.2) is 16.7 Å². The van der Waals surface area contributed by atoms with Gasteiger partial charge in [0.05, 0.1) is 6.26 Å². The van der Waals surface area contributed by atoms with Gasteiger partial charge in [-0.15, -0.1) is 10.2 Å². The van der Waals surface area contributed by atoms with Crippen molar-refractivity contribution >= 4 is 17.7 Å². The highest BCUT2D eigenvalue weighted by atomic mass is 32.2. The van der Waals surface area contributed by atoms with E-state index in [9.17, 15) is 4.79 Å². The van der Waals surface area contributed by atoms with Gasteiger partial charge >= 0.3 is 0 Å². The van der Waals surface area contributed by atoms with Crippen LogP contribution in [0.15, 0.2) is 58.3 Å². The van der Waals surface area contributed by atoms with Gasteiger partial charge in [0.1, 0.15) is 5.25 Å².